The van der Waals surface area contributed by atoms with Crippen molar-refractivity contribution in [1.29, 1.82) is 0 Å². The molecule has 0 bridgehead atoms. The van der Waals surface area contributed by atoms with Gasteiger partial charge in [0.2, 0.25) is 0 Å². The summed E-state index contributed by atoms with van der Waals surface area (Å²) in [7, 11) is 0. The van der Waals surface area contributed by atoms with E-state index in [2.05, 4.69) is 43.9 Å². The van der Waals surface area contributed by atoms with Crippen molar-refractivity contribution in [3.05, 3.63) is 56.0 Å². The van der Waals surface area contributed by atoms with Crippen molar-refractivity contribution in [2.75, 3.05) is 5.01 Å². The van der Waals surface area contributed by atoms with Gasteiger partial charge in [0.05, 0.1) is 10.2 Å². The molecule has 1 N–H and O–H groups in total. The highest BCUT2D eigenvalue weighted by Gasteiger charge is 2.34. The second-order valence-corrected chi connectivity index (χ2v) is 6.44. The van der Waals surface area contributed by atoms with Crippen molar-refractivity contribution in [3.63, 3.8) is 0 Å². The second kappa shape index (κ2) is 5.64. The fraction of sp³-hybridized carbons (Fsp3) is 0. The number of halogens is 2. The van der Waals surface area contributed by atoms with Crippen molar-refractivity contribution in [2.24, 2.45) is 0 Å². The number of carbonyl (C=O) groups is 2. The average Bonchev–Trinajstić information content (AvgIpc) is 2.98. The van der Waals surface area contributed by atoms with Gasteiger partial charge in [0, 0.05) is 3.57 Å². The monoisotopic (exact) mass is 458 g/mol. The van der Waals surface area contributed by atoms with Crippen LogP contribution >= 0.6 is 38.5 Å². The lowest BCUT2D eigenvalue weighted by Crippen LogP contribution is -2.35. The Morgan fingerprint density at radius 3 is 2.57 bits per heavy atom. The van der Waals surface area contributed by atoms with Crippen LogP contribution in [-0.2, 0) is 9.59 Å². The lowest BCUT2D eigenvalue weighted by atomic mass is 10.2. The smallest absolute Gasteiger partial charge is 0.282 e. The van der Waals surface area contributed by atoms with Crippen LogP contribution in [0, 0.1) is 3.57 Å². The third-order valence-corrected chi connectivity index (χ3v) is 3.99. The predicted octanol–water partition coefficient (Wildman–Crippen LogP) is 3.11. The first kappa shape index (κ1) is 14.3. The molecule has 1 aromatic heterocycles. The summed E-state index contributed by atoms with van der Waals surface area (Å²) >= 11 is 5.42. The van der Waals surface area contributed by atoms with Gasteiger partial charge in [-0.15, -0.1) is 0 Å². The molecule has 1 aliphatic rings. The van der Waals surface area contributed by atoms with E-state index in [0.29, 0.717) is 11.4 Å². The van der Waals surface area contributed by atoms with Gasteiger partial charge in [0.25, 0.3) is 11.8 Å². The molecule has 0 unspecified atom stereocenters. The molecule has 0 atom stereocenters. The summed E-state index contributed by atoms with van der Waals surface area (Å²) in [6, 6.07) is 8.95. The highest BCUT2D eigenvalue weighted by molar-refractivity contribution is 14.1. The molecule has 0 radical (unpaired) electrons. The highest BCUT2D eigenvalue weighted by Crippen LogP contribution is 2.23. The van der Waals surface area contributed by atoms with E-state index in [1.54, 1.807) is 18.2 Å². The molecule has 1 aliphatic heterocycles. The predicted molar refractivity (Wildman–Crippen MR) is 89.2 cm³/mol. The van der Waals surface area contributed by atoms with E-state index in [9.17, 15) is 9.59 Å². The molecule has 7 heteroatoms. The van der Waals surface area contributed by atoms with Crippen molar-refractivity contribution in [1.82, 2.24) is 5.43 Å². The van der Waals surface area contributed by atoms with E-state index in [-0.39, 0.29) is 5.57 Å². The van der Waals surface area contributed by atoms with E-state index >= 15 is 0 Å². The minimum absolute atomic E-state index is 0.0374. The first-order chi connectivity index (χ1) is 10.0. The summed E-state index contributed by atoms with van der Waals surface area (Å²) < 4.78 is 7.00. The van der Waals surface area contributed by atoms with E-state index in [1.807, 2.05) is 12.1 Å². The number of nitrogens with zero attached hydrogens (tertiary/aromatic N) is 1. The van der Waals surface area contributed by atoms with Crippen LogP contribution in [0.5, 0.6) is 0 Å². The highest BCUT2D eigenvalue weighted by atomic mass is 127. The van der Waals surface area contributed by atoms with Gasteiger partial charge in [-0.25, -0.2) is 5.01 Å². The Kier molecular flexibility index (Phi) is 3.85. The zero-order chi connectivity index (χ0) is 15.0. The number of rotatable bonds is 2. The standard InChI is InChI=1S/C14H8BrIN2O3/c15-8-5-11(21-7-8)6-12-13(19)17-18(14(12)20)10-3-1-9(16)2-4-10/h1-7H,(H,17,19). The Bertz CT molecular complexity index is 752. The maximum atomic E-state index is 12.3. The zero-order valence-corrected chi connectivity index (χ0v) is 14.2. The summed E-state index contributed by atoms with van der Waals surface area (Å²) in [5, 5.41) is 1.22. The molecule has 2 heterocycles. The molecule has 3 rings (SSSR count). The summed E-state index contributed by atoms with van der Waals surface area (Å²) in [5.74, 6) is -0.426. The zero-order valence-electron chi connectivity index (χ0n) is 10.5. The number of amides is 2. The first-order valence-electron chi connectivity index (χ1n) is 5.91. The normalized spacial score (nSPS) is 16.7. The van der Waals surface area contributed by atoms with Gasteiger partial charge in [0.1, 0.15) is 17.6 Å². The van der Waals surface area contributed by atoms with Gasteiger partial charge in [-0.3, -0.25) is 15.0 Å². The van der Waals surface area contributed by atoms with Gasteiger partial charge in [-0.1, -0.05) is 0 Å². The summed E-state index contributed by atoms with van der Waals surface area (Å²) in [6.45, 7) is 0. The van der Waals surface area contributed by atoms with Crippen LogP contribution in [0.15, 0.2) is 51.1 Å². The number of hydrazine groups is 1. The van der Waals surface area contributed by atoms with Gasteiger partial charge in [0.15, 0.2) is 0 Å². The summed E-state index contributed by atoms with van der Waals surface area (Å²) in [5.41, 5.74) is 3.18. The fourth-order valence-electron chi connectivity index (χ4n) is 1.88. The molecule has 1 aromatic carbocycles. The van der Waals surface area contributed by atoms with Crippen LogP contribution in [0.3, 0.4) is 0 Å². The third-order valence-electron chi connectivity index (χ3n) is 2.85. The topological polar surface area (TPSA) is 62.6 Å². The fourth-order valence-corrected chi connectivity index (χ4v) is 2.55. The van der Waals surface area contributed by atoms with Crippen molar-refractivity contribution in [3.8, 4) is 0 Å². The molecule has 2 aromatic rings. The molecule has 21 heavy (non-hydrogen) atoms. The minimum atomic E-state index is -0.453. The molecule has 0 spiro atoms. The van der Waals surface area contributed by atoms with Gasteiger partial charge >= 0.3 is 0 Å². The minimum Gasteiger partial charge on any atom is -0.464 e. The number of hydrogen-bond acceptors (Lipinski definition) is 3. The number of furan rings is 1. The number of benzene rings is 1. The van der Waals surface area contributed by atoms with Gasteiger partial charge in [-0.2, -0.15) is 0 Å². The lowest BCUT2D eigenvalue weighted by molar-refractivity contribution is -0.117. The molecule has 0 aliphatic carbocycles. The lowest BCUT2D eigenvalue weighted by Gasteiger charge is -2.14. The van der Waals surface area contributed by atoms with E-state index in [1.165, 1.54) is 17.3 Å². The molecule has 5 nitrogen and oxygen atoms in total. The molecule has 1 fully saturated rings. The van der Waals surface area contributed by atoms with Crippen LogP contribution in [0.25, 0.3) is 6.08 Å². The molecule has 0 saturated carbocycles. The van der Waals surface area contributed by atoms with Crippen LogP contribution in [0.2, 0.25) is 0 Å². The Morgan fingerprint density at radius 1 is 1.24 bits per heavy atom. The Morgan fingerprint density at radius 2 is 1.95 bits per heavy atom. The second-order valence-electron chi connectivity index (χ2n) is 4.28. The van der Waals surface area contributed by atoms with E-state index in [4.69, 9.17) is 4.42 Å². The largest absolute Gasteiger partial charge is 0.464 e. The molecule has 106 valence electrons. The third kappa shape index (κ3) is 2.88. The Hall–Kier alpha value is -1.61. The van der Waals surface area contributed by atoms with Crippen LogP contribution in [0.1, 0.15) is 5.76 Å². The average molecular weight is 459 g/mol. The number of anilines is 1. The van der Waals surface area contributed by atoms with Gasteiger partial charge < -0.3 is 4.42 Å². The van der Waals surface area contributed by atoms with Crippen LogP contribution in [0.4, 0.5) is 5.69 Å². The quantitative estimate of drug-likeness (QED) is 0.427. The SMILES string of the molecule is O=C1NN(c2ccc(I)cc2)C(=O)C1=Cc1cc(Br)co1. The molecule has 1 saturated heterocycles. The van der Waals surface area contributed by atoms with Crippen LogP contribution < -0.4 is 10.4 Å². The van der Waals surface area contributed by atoms with Crippen molar-refractivity contribution in [2.45, 2.75) is 0 Å². The molecular formula is C14H8BrIN2O3. The molecular weight excluding hydrogens is 451 g/mol. The number of carbonyl (C=O) groups excluding carboxylic acids is 2. The number of nitrogens with one attached hydrogen (secondary N) is 1. The van der Waals surface area contributed by atoms with Crippen molar-refractivity contribution >= 4 is 62.1 Å². The molecule has 2 amide bonds. The van der Waals surface area contributed by atoms with Crippen molar-refractivity contribution < 1.29 is 14.0 Å². The Balaban J connectivity index is 1.92. The first-order valence-corrected chi connectivity index (χ1v) is 7.78. The van der Waals surface area contributed by atoms with Gasteiger partial charge in [-0.05, 0) is 74.9 Å². The number of hydrogen-bond donors (Lipinski definition) is 1. The van der Waals surface area contributed by atoms with Crippen LogP contribution in [-0.4, -0.2) is 11.8 Å². The maximum absolute atomic E-state index is 12.3. The maximum Gasteiger partial charge on any atom is 0.282 e. The summed E-state index contributed by atoms with van der Waals surface area (Å²) in [4.78, 5) is 24.3. The van der Waals surface area contributed by atoms with E-state index < -0.39 is 11.8 Å². The van der Waals surface area contributed by atoms with E-state index in [0.717, 1.165) is 8.04 Å². The summed E-state index contributed by atoms with van der Waals surface area (Å²) in [6.07, 6.45) is 2.91. The Labute approximate surface area is 142 Å².